The molecule has 1 aliphatic heterocycles. The van der Waals surface area contributed by atoms with Gasteiger partial charge in [-0.15, -0.1) is 0 Å². The van der Waals surface area contributed by atoms with Crippen molar-refractivity contribution in [2.24, 2.45) is 0 Å². The number of amides is 2. The molecule has 0 saturated heterocycles. The topological polar surface area (TPSA) is 72.5 Å². The number of rotatable bonds is 2. The van der Waals surface area contributed by atoms with Crippen LogP contribution < -0.4 is 20.1 Å². The second kappa shape index (κ2) is 6.17. The molecule has 27 heavy (non-hydrogen) atoms. The smallest absolute Gasteiger partial charge is 0.323 e. The summed E-state index contributed by atoms with van der Waals surface area (Å²) >= 11 is 0. The fraction of sp³-hybridized carbons (Fsp3) is 0.0476. The minimum Gasteiger partial charge on any atom is -0.454 e. The third-order valence-corrected chi connectivity index (χ3v) is 4.46. The Morgan fingerprint density at radius 1 is 0.815 bits per heavy atom. The van der Waals surface area contributed by atoms with E-state index < -0.39 is 0 Å². The predicted octanol–water partition coefficient (Wildman–Crippen LogP) is 4.76. The van der Waals surface area contributed by atoms with Gasteiger partial charge in [-0.25, -0.2) is 9.78 Å². The van der Waals surface area contributed by atoms with E-state index in [1.165, 1.54) is 0 Å². The lowest BCUT2D eigenvalue weighted by atomic mass is 10.1. The van der Waals surface area contributed by atoms with Gasteiger partial charge in [0.2, 0.25) is 6.79 Å². The minimum atomic E-state index is -0.338. The van der Waals surface area contributed by atoms with Gasteiger partial charge >= 0.3 is 6.03 Å². The molecule has 0 radical (unpaired) electrons. The number of carbonyl (C=O) groups is 1. The first-order valence-electron chi connectivity index (χ1n) is 8.53. The molecule has 6 heteroatoms. The number of para-hydroxylation sites is 2. The molecule has 5 rings (SSSR count). The van der Waals surface area contributed by atoms with E-state index in [4.69, 9.17) is 9.47 Å². The van der Waals surface area contributed by atoms with Crippen molar-refractivity contribution in [1.29, 1.82) is 0 Å². The summed E-state index contributed by atoms with van der Waals surface area (Å²) < 4.78 is 10.6. The Balaban J connectivity index is 1.50. The van der Waals surface area contributed by atoms with Crippen molar-refractivity contribution in [1.82, 2.24) is 4.98 Å². The maximum atomic E-state index is 12.7. The van der Waals surface area contributed by atoms with Gasteiger partial charge in [-0.1, -0.05) is 36.4 Å². The summed E-state index contributed by atoms with van der Waals surface area (Å²) in [6, 6.07) is 20.4. The van der Waals surface area contributed by atoms with Crippen molar-refractivity contribution in [3.63, 3.8) is 0 Å². The summed E-state index contributed by atoms with van der Waals surface area (Å²) in [4.78, 5) is 17.3. The second-order valence-corrected chi connectivity index (χ2v) is 6.17. The Morgan fingerprint density at radius 2 is 1.48 bits per heavy atom. The number of fused-ring (bicyclic) bond motifs is 3. The highest BCUT2D eigenvalue weighted by Gasteiger charge is 2.15. The molecule has 1 aromatic heterocycles. The number of benzene rings is 3. The Labute approximate surface area is 154 Å². The van der Waals surface area contributed by atoms with E-state index in [9.17, 15) is 4.79 Å². The van der Waals surface area contributed by atoms with Gasteiger partial charge < -0.3 is 20.1 Å². The summed E-state index contributed by atoms with van der Waals surface area (Å²) in [6.07, 6.45) is 0. The molecule has 0 bridgehead atoms. The molecule has 4 aromatic rings. The fourth-order valence-electron chi connectivity index (χ4n) is 3.22. The van der Waals surface area contributed by atoms with Gasteiger partial charge in [-0.3, -0.25) is 0 Å². The lowest BCUT2D eigenvalue weighted by Crippen LogP contribution is -2.19. The summed E-state index contributed by atoms with van der Waals surface area (Å²) in [6.45, 7) is 0.194. The van der Waals surface area contributed by atoms with Gasteiger partial charge in [0.25, 0.3) is 0 Å². The SMILES string of the molecule is O=C(Nc1ccc2c(c1)OCO2)Nc1c2ccccc2nc2ccccc12. The van der Waals surface area contributed by atoms with Gasteiger partial charge in [0.15, 0.2) is 11.5 Å². The van der Waals surface area contributed by atoms with Crippen LogP contribution >= 0.6 is 0 Å². The zero-order valence-corrected chi connectivity index (χ0v) is 14.2. The van der Waals surface area contributed by atoms with Crippen molar-refractivity contribution in [3.05, 3.63) is 66.7 Å². The molecule has 1 aliphatic rings. The number of nitrogens with zero attached hydrogens (tertiary/aromatic N) is 1. The van der Waals surface area contributed by atoms with E-state index in [1.807, 2.05) is 48.5 Å². The molecule has 2 amide bonds. The number of pyridine rings is 1. The molecule has 0 unspecified atom stereocenters. The monoisotopic (exact) mass is 357 g/mol. The van der Waals surface area contributed by atoms with E-state index in [0.717, 1.165) is 27.5 Å². The van der Waals surface area contributed by atoms with Gasteiger partial charge in [0.05, 0.1) is 16.7 Å². The summed E-state index contributed by atoms with van der Waals surface area (Å²) in [5, 5.41) is 7.60. The van der Waals surface area contributed by atoms with E-state index in [2.05, 4.69) is 15.6 Å². The molecule has 2 N–H and O–H groups in total. The van der Waals surface area contributed by atoms with Crippen LogP contribution in [-0.2, 0) is 0 Å². The highest BCUT2D eigenvalue weighted by molar-refractivity contribution is 6.14. The molecular weight excluding hydrogens is 342 g/mol. The number of aromatic nitrogens is 1. The number of urea groups is 1. The van der Waals surface area contributed by atoms with Crippen LogP contribution in [0.25, 0.3) is 21.8 Å². The molecule has 6 nitrogen and oxygen atoms in total. The van der Waals surface area contributed by atoms with Crippen molar-refractivity contribution in [2.75, 3.05) is 17.4 Å². The lowest BCUT2D eigenvalue weighted by Gasteiger charge is -2.13. The number of hydrogen-bond donors (Lipinski definition) is 2. The second-order valence-electron chi connectivity index (χ2n) is 6.17. The molecule has 3 aromatic carbocycles. The number of carbonyl (C=O) groups excluding carboxylic acids is 1. The van der Waals surface area contributed by atoms with Gasteiger partial charge in [0.1, 0.15) is 0 Å². The largest absolute Gasteiger partial charge is 0.454 e. The third kappa shape index (κ3) is 2.77. The van der Waals surface area contributed by atoms with E-state index >= 15 is 0 Å². The van der Waals surface area contributed by atoms with Crippen LogP contribution in [0.2, 0.25) is 0 Å². The quantitative estimate of drug-likeness (QED) is 0.507. The number of ether oxygens (including phenoxy) is 2. The molecule has 0 aliphatic carbocycles. The molecule has 132 valence electrons. The summed E-state index contributed by atoms with van der Waals surface area (Å²) in [5.41, 5.74) is 3.01. The van der Waals surface area contributed by atoms with Gasteiger partial charge in [0, 0.05) is 22.5 Å². The normalized spacial score (nSPS) is 12.3. The molecular formula is C21H15N3O3. The van der Waals surface area contributed by atoms with Crippen molar-refractivity contribution >= 4 is 39.2 Å². The Hall–Kier alpha value is -3.80. The first-order valence-corrected chi connectivity index (χ1v) is 8.53. The zero-order valence-electron chi connectivity index (χ0n) is 14.2. The first kappa shape index (κ1) is 15.5. The molecule has 0 fully saturated rings. The Kier molecular flexibility index (Phi) is 3.53. The highest BCUT2D eigenvalue weighted by atomic mass is 16.7. The Bertz CT molecular complexity index is 1140. The molecule has 0 saturated carbocycles. The number of nitrogens with one attached hydrogen (secondary N) is 2. The Morgan fingerprint density at radius 3 is 2.22 bits per heavy atom. The molecule has 2 heterocycles. The van der Waals surface area contributed by atoms with Crippen LogP contribution in [0, 0.1) is 0 Å². The van der Waals surface area contributed by atoms with Gasteiger partial charge in [-0.2, -0.15) is 0 Å². The molecule has 0 atom stereocenters. The van der Waals surface area contributed by atoms with Gasteiger partial charge in [-0.05, 0) is 24.3 Å². The van der Waals surface area contributed by atoms with E-state index in [0.29, 0.717) is 17.2 Å². The van der Waals surface area contributed by atoms with Crippen LogP contribution in [0.5, 0.6) is 11.5 Å². The van der Waals surface area contributed by atoms with Crippen molar-refractivity contribution in [2.45, 2.75) is 0 Å². The maximum absolute atomic E-state index is 12.7. The highest BCUT2D eigenvalue weighted by Crippen LogP contribution is 2.34. The zero-order chi connectivity index (χ0) is 18.2. The third-order valence-electron chi connectivity index (χ3n) is 4.46. The van der Waals surface area contributed by atoms with Crippen LogP contribution in [0.1, 0.15) is 0 Å². The van der Waals surface area contributed by atoms with Crippen molar-refractivity contribution in [3.8, 4) is 11.5 Å². The standard InChI is InChI=1S/C21H15N3O3/c25-21(22-13-9-10-18-19(11-13)27-12-26-18)24-20-14-5-1-3-7-16(14)23-17-8-4-2-6-15(17)20/h1-11H,12H2,(H2,22,23,24,25). The van der Waals surface area contributed by atoms with Crippen LogP contribution in [-0.4, -0.2) is 17.8 Å². The van der Waals surface area contributed by atoms with Crippen molar-refractivity contribution < 1.29 is 14.3 Å². The van der Waals surface area contributed by atoms with Crippen LogP contribution in [0.4, 0.5) is 16.2 Å². The van der Waals surface area contributed by atoms with E-state index in [-0.39, 0.29) is 12.8 Å². The fourth-order valence-corrected chi connectivity index (χ4v) is 3.22. The first-order chi connectivity index (χ1) is 13.3. The average Bonchev–Trinajstić information content (AvgIpc) is 3.15. The molecule has 0 spiro atoms. The van der Waals surface area contributed by atoms with E-state index in [1.54, 1.807) is 18.2 Å². The minimum absolute atomic E-state index is 0.194. The lowest BCUT2D eigenvalue weighted by molar-refractivity contribution is 0.174. The average molecular weight is 357 g/mol. The summed E-state index contributed by atoms with van der Waals surface area (Å²) in [5.74, 6) is 1.29. The number of anilines is 2. The predicted molar refractivity (Wildman–Crippen MR) is 104 cm³/mol. The van der Waals surface area contributed by atoms with Crippen LogP contribution in [0.15, 0.2) is 66.7 Å². The maximum Gasteiger partial charge on any atom is 0.323 e. The number of hydrogen-bond acceptors (Lipinski definition) is 4. The van der Waals surface area contributed by atoms with Crippen LogP contribution in [0.3, 0.4) is 0 Å². The summed E-state index contributed by atoms with van der Waals surface area (Å²) in [7, 11) is 0.